The third kappa shape index (κ3) is 3.06. The lowest BCUT2D eigenvalue weighted by Crippen LogP contribution is -2.45. The van der Waals surface area contributed by atoms with Gasteiger partial charge >= 0.3 is 0 Å². The van der Waals surface area contributed by atoms with Gasteiger partial charge in [0.1, 0.15) is 5.92 Å². The number of nitrogens with two attached hydrogens (primary N) is 1. The van der Waals surface area contributed by atoms with Crippen molar-refractivity contribution in [1.82, 2.24) is 4.90 Å². The van der Waals surface area contributed by atoms with Gasteiger partial charge in [-0.1, -0.05) is 35.9 Å². The van der Waals surface area contributed by atoms with Crippen molar-refractivity contribution in [2.45, 2.75) is 12.8 Å². The third-order valence-corrected chi connectivity index (χ3v) is 4.68. The number of amides is 2. The highest BCUT2D eigenvalue weighted by molar-refractivity contribution is 6.09. The summed E-state index contributed by atoms with van der Waals surface area (Å²) < 4.78 is 27.5. The zero-order valence-corrected chi connectivity index (χ0v) is 14.4. The molecule has 0 spiro atoms. The Morgan fingerprint density at radius 3 is 2.62 bits per heavy atom. The highest BCUT2D eigenvalue weighted by atomic mass is 19.2. The molecule has 2 aromatic rings. The average Bonchev–Trinajstić information content (AvgIpc) is 2.91. The number of hydrogen-bond donors (Lipinski definition) is 1. The summed E-state index contributed by atoms with van der Waals surface area (Å²) in [5.74, 6) is 0.764. The van der Waals surface area contributed by atoms with Crippen molar-refractivity contribution in [3.63, 3.8) is 0 Å². The van der Waals surface area contributed by atoms with E-state index in [0.717, 1.165) is 17.2 Å². The number of anilines is 1. The lowest BCUT2D eigenvalue weighted by atomic mass is 9.87. The van der Waals surface area contributed by atoms with Gasteiger partial charge in [-0.15, -0.1) is 0 Å². The second kappa shape index (κ2) is 6.84. The fourth-order valence-electron chi connectivity index (χ4n) is 3.32. The fourth-order valence-corrected chi connectivity index (χ4v) is 3.32. The van der Waals surface area contributed by atoms with Gasteiger partial charge < -0.3 is 4.90 Å². The third-order valence-electron chi connectivity index (χ3n) is 4.68. The molecule has 1 saturated heterocycles. The van der Waals surface area contributed by atoms with Crippen LogP contribution in [0.3, 0.4) is 0 Å². The summed E-state index contributed by atoms with van der Waals surface area (Å²) in [6.07, 6.45) is 0. The molecule has 2 amide bonds. The minimum absolute atomic E-state index is 0.345. The molecule has 7 heteroatoms. The number of benzene rings is 2. The summed E-state index contributed by atoms with van der Waals surface area (Å²) in [6, 6.07) is 10.9. The molecule has 0 bridgehead atoms. The predicted octanol–water partition coefficient (Wildman–Crippen LogP) is 2.35. The first-order valence-corrected chi connectivity index (χ1v) is 8.15. The number of aryl methyl sites for hydroxylation is 1. The topological polar surface area (TPSA) is 66.6 Å². The monoisotopic (exact) mass is 359 g/mol. The summed E-state index contributed by atoms with van der Waals surface area (Å²) in [5, 5.41) is 0.531. The van der Waals surface area contributed by atoms with Crippen LogP contribution in [0.25, 0.3) is 0 Å². The van der Waals surface area contributed by atoms with Crippen molar-refractivity contribution in [1.29, 1.82) is 0 Å². The van der Waals surface area contributed by atoms with Gasteiger partial charge in [-0.3, -0.25) is 9.59 Å². The van der Waals surface area contributed by atoms with Gasteiger partial charge in [0, 0.05) is 19.5 Å². The zero-order valence-electron chi connectivity index (χ0n) is 14.4. The second-order valence-electron chi connectivity index (χ2n) is 6.50. The number of carbonyl (C=O) groups excluding carboxylic acids is 2. The van der Waals surface area contributed by atoms with Crippen LogP contribution in [0.1, 0.15) is 17.0 Å². The van der Waals surface area contributed by atoms with E-state index in [9.17, 15) is 18.4 Å². The van der Waals surface area contributed by atoms with Crippen molar-refractivity contribution in [2.75, 3.05) is 18.6 Å². The smallest absolute Gasteiger partial charge is 0.254 e. The van der Waals surface area contributed by atoms with Crippen molar-refractivity contribution in [3.8, 4) is 0 Å². The first-order chi connectivity index (χ1) is 12.3. The maximum Gasteiger partial charge on any atom is 0.254 e. The first-order valence-electron chi connectivity index (χ1n) is 8.15. The molecule has 26 heavy (non-hydrogen) atoms. The molecule has 2 unspecified atom stereocenters. The SMILES string of the molecule is Cc1cccc(C2CN(C)C(=O)C2C(=O)N(N)c2cccc(F)c2F)c1. The molecular formula is C19H19F2N3O2. The van der Waals surface area contributed by atoms with E-state index >= 15 is 0 Å². The number of carbonyl (C=O) groups is 2. The molecule has 1 heterocycles. The molecule has 5 nitrogen and oxygen atoms in total. The van der Waals surface area contributed by atoms with E-state index in [-0.39, 0.29) is 0 Å². The second-order valence-corrected chi connectivity index (χ2v) is 6.50. The van der Waals surface area contributed by atoms with Crippen molar-refractivity contribution >= 4 is 17.5 Å². The molecule has 0 aliphatic carbocycles. The van der Waals surface area contributed by atoms with Crippen molar-refractivity contribution in [3.05, 3.63) is 65.2 Å². The summed E-state index contributed by atoms with van der Waals surface area (Å²) in [5.41, 5.74) is 1.42. The van der Waals surface area contributed by atoms with Gasteiger partial charge in [-0.25, -0.2) is 19.6 Å². The molecule has 0 saturated carbocycles. The minimum atomic E-state index is -1.23. The molecule has 1 aliphatic rings. The average molecular weight is 359 g/mol. The number of likely N-dealkylation sites (N-methyl/N-ethyl adjacent to an activating group) is 1. The molecular weight excluding hydrogens is 340 g/mol. The lowest BCUT2D eigenvalue weighted by molar-refractivity contribution is -0.136. The molecule has 2 aromatic carbocycles. The van der Waals surface area contributed by atoms with E-state index in [1.165, 1.54) is 17.0 Å². The standard InChI is InChI=1S/C19H19F2N3O2/c1-11-5-3-6-12(9-11)13-10-23(2)18(25)16(13)19(26)24(22)15-8-4-7-14(20)17(15)21/h3-9,13,16H,10,22H2,1-2H3. The Morgan fingerprint density at radius 2 is 1.92 bits per heavy atom. The molecule has 2 atom stereocenters. The quantitative estimate of drug-likeness (QED) is 0.396. The van der Waals surface area contributed by atoms with Crippen LogP contribution >= 0.6 is 0 Å². The van der Waals surface area contributed by atoms with Crippen LogP contribution in [0.15, 0.2) is 42.5 Å². The van der Waals surface area contributed by atoms with Crippen LogP contribution in [-0.4, -0.2) is 30.3 Å². The van der Waals surface area contributed by atoms with Crippen molar-refractivity contribution < 1.29 is 18.4 Å². The largest absolute Gasteiger partial charge is 0.344 e. The zero-order chi connectivity index (χ0) is 19.0. The summed E-state index contributed by atoms with van der Waals surface area (Å²) in [6.45, 7) is 2.26. The number of hydrogen-bond acceptors (Lipinski definition) is 3. The van der Waals surface area contributed by atoms with Crippen LogP contribution in [-0.2, 0) is 9.59 Å². The van der Waals surface area contributed by atoms with E-state index in [2.05, 4.69) is 0 Å². The van der Waals surface area contributed by atoms with E-state index in [4.69, 9.17) is 5.84 Å². The lowest BCUT2D eigenvalue weighted by Gasteiger charge is -2.23. The Bertz CT molecular complexity index is 872. The van der Waals surface area contributed by atoms with Crippen LogP contribution < -0.4 is 10.9 Å². The first kappa shape index (κ1) is 18.0. The Balaban J connectivity index is 1.97. The Labute approximate surface area is 150 Å². The number of hydrazine groups is 1. The highest BCUT2D eigenvalue weighted by Gasteiger charge is 2.46. The molecule has 1 fully saturated rings. The van der Waals surface area contributed by atoms with Crippen LogP contribution in [0, 0.1) is 24.5 Å². The summed E-state index contributed by atoms with van der Waals surface area (Å²) >= 11 is 0. The summed E-state index contributed by atoms with van der Waals surface area (Å²) in [7, 11) is 1.60. The molecule has 0 radical (unpaired) electrons. The number of halogens is 2. The summed E-state index contributed by atoms with van der Waals surface area (Å²) in [4.78, 5) is 26.9. The van der Waals surface area contributed by atoms with Gasteiger partial charge in [-0.05, 0) is 24.6 Å². The normalized spacial score (nSPS) is 19.7. The maximum absolute atomic E-state index is 14.0. The minimum Gasteiger partial charge on any atom is -0.344 e. The van der Waals surface area contributed by atoms with E-state index in [0.29, 0.717) is 11.6 Å². The van der Waals surface area contributed by atoms with Crippen molar-refractivity contribution in [2.24, 2.45) is 11.8 Å². The number of likely N-dealkylation sites (tertiary alicyclic amines) is 1. The number of rotatable bonds is 3. The van der Waals surface area contributed by atoms with Gasteiger partial charge in [-0.2, -0.15) is 0 Å². The van der Waals surface area contributed by atoms with Crippen LogP contribution in [0.4, 0.5) is 14.5 Å². The number of nitrogens with zero attached hydrogens (tertiary/aromatic N) is 2. The van der Waals surface area contributed by atoms with Gasteiger partial charge in [0.15, 0.2) is 11.6 Å². The maximum atomic E-state index is 14.0. The Kier molecular flexibility index (Phi) is 4.73. The van der Waals surface area contributed by atoms with Crippen LogP contribution in [0.5, 0.6) is 0 Å². The molecule has 3 rings (SSSR count). The Hall–Kier alpha value is -2.80. The van der Waals surface area contributed by atoms with Gasteiger partial charge in [0.05, 0.1) is 5.69 Å². The molecule has 1 aliphatic heterocycles. The predicted molar refractivity (Wildman–Crippen MR) is 93.1 cm³/mol. The molecule has 136 valence electrons. The van der Waals surface area contributed by atoms with Gasteiger partial charge in [0.2, 0.25) is 5.91 Å². The van der Waals surface area contributed by atoms with E-state index in [1.54, 1.807) is 7.05 Å². The molecule has 0 aromatic heterocycles. The Morgan fingerprint density at radius 1 is 1.23 bits per heavy atom. The van der Waals surface area contributed by atoms with E-state index < -0.39 is 41.0 Å². The highest BCUT2D eigenvalue weighted by Crippen LogP contribution is 2.35. The van der Waals surface area contributed by atoms with E-state index in [1.807, 2.05) is 31.2 Å². The molecule has 2 N–H and O–H groups in total. The van der Waals surface area contributed by atoms with Crippen LogP contribution in [0.2, 0.25) is 0 Å². The fraction of sp³-hybridized carbons (Fsp3) is 0.263. The van der Waals surface area contributed by atoms with Gasteiger partial charge in [0.25, 0.3) is 5.91 Å².